The summed E-state index contributed by atoms with van der Waals surface area (Å²) in [7, 11) is 1.79. The molecule has 3 rings (SSSR count). The second-order valence-electron chi connectivity index (χ2n) is 7.34. The smallest absolute Gasteiger partial charge is 0.322 e. The number of carbonyl (C=O) groups excluding carboxylic acids is 2. The molecule has 9 heteroatoms. The number of carbonyl (C=O) groups is 2. The Morgan fingerprint density at radius 1 is 1.37 bits per heavy atom. The molecule has 0 saturated carbocycles. The summed E-state index contributed by atoms with van der Waals surface area (Å²) in [6.07, 6.45) is 2.59. The van der Waals surface area contributed by atoms with Gasteiger partial charge in [0.15, 0.2) is 5.96 Å². The summed E-state index contributed by atoms with van der Waals surface area (Å²) in [5.74, 6) is 0.794. The minimum Gasteiger partial charge on any atom is -0.356 e. The molecule has 1 aromatic rings. The van der Waals surface area contributed by atoms with E-state index in [1.807, 2.05) is 13.8 Å². The van der Waals surface area contributed by atoms with Crippen molar-refractivity contribution in [3.8, 4) is 0 Å². The largest absolute Gasteiger partial charge is 0.356 e. The van der Waals surface area contributed by atoms with Gasteiger partial charge in [0.1, 0.15) is 5.54 Å². The number of likely N-dealkylation sites (tertiary alicyclic amines) is 1. The fourth-order valence-electron chi connectivity index (χ4n) is 3.94. The Hall–Kier alpha value is -2.16. The zero-order valence-corrected chi connectivity index (χ0v) is 17.2. The normalized spacial score (nSPS) is 24.1. The zero-order valence-electron chi connectivity index (χ0n) is 16.4. The maximum absolute atomic E-state index is 12.1. The molecule has 27 heavy (non-hydrogen) atoms. The van der Waals surface area contributed by atoms with Crippen LogP contribution in [0.4, 0.5) is 4.79 Å². The van der Waals surface area contributed by atoms with Crippen LogP contribution in [0.15, 0.2) is 4.99 Å². The van der Waals surface area contributed by atoms with E-state index in [2.05, 4.69) is 37.8 Å². The van der Waals surface area contributed by atoms with Gasteiger partial charge in [-0.15, -0.1) is 11.3 Å². The zero-order chi connectivity index (χ0) is 19.6. The maximum Gasteiger partial charge on any atom is 0.322 e. The molecule has 3 heterocycles. The lowest BCUT2D eigenvalue weighted by molar-refractivity contribution is -0.125. The first-order valence-electron chi connectivity index (χ1n) is 9.35. The van der Waals surface area contributed by atoms with Crippen LogP contribution in [0.3, 0.4) is 0 Å². The van der Waals surface area contributed by atoms with Gasteiger partial charge in [0.25, 0.3) is 5.91 Å². The third-order valence-electron chi connectivity index (χ3n) is 5.53. The lowest BCUT2D eigenvalue weighted by Gasteiger charge is -2.39. The highest BCUT2D eigenvalue weighted by Gasteiger charge is 2.48. The quantitative estimate of drug-likeness (QED) is 0.406. The van der Waals surface area contributed by atoms with E-state index in [1.165, 1.54) is 4.88 Å². The van der Waals surface area contributed by atoms with Gasteiger partial charge >= 0.3 is 6.03 Å². The molecule has 0 radical (unpaired) electrons. The molecule has 2 aliphatic heterocycles. The summed E-state index contributed by atoms with van der Waals surface area (Å²) >= 11 is 1.75. The van der Waals surface area contributed by atoms with E-state index in [0.717, 1.165) is 55.6 Å². The number of piperidine rings is 1. The van der Waals surface area contributed by atoms with Crippen molar-refractivity contribution in [3.05, 3.63) is 15.6 Å². The number of aliphatic imine (C=N–C) groups is 1. The summed E-state index contributed by atoms with van der Waals surface area (Å²) in [4.78, 5) is 36.0. The van der Waals surface area contributed by atoms with Gasteiger partial charge in [0.05, 0.1) is 10.7 Å². The van der Waals surface area contributed by atoms with Crippen molar-refractivity contribution in [1.82, 2.24) is 25.8 Å². The number of hydrogen-bond donors (Lipinski definition) is 3. The molecule has 0 bridgehead atoms. The topological polar surface area (TPSA) is 98.7 Å². The predicted molar refractivity (Wildman–Crippen MR) is 106 cm³/mol. The van der Waals surface area contributed by atoms with Gasteiger partial charge in [-0.25, -0.2) is 9.78 Å². The molecule has 0 spiro atoms. The number of aryl methyl sites for hydroxylation is 2. The maximum atomic E-state index is 12.1. The number of rotatable bonds is 4. The van der Waals surface area contributed by atoms with E-state index in [4.69, 9.17) is 0 Å². The second kappa shape index (κ2) is 7.84. The average molecular weight is 393 g/mol. The molecule has 148 valence electrons. The van der Waals surface area contributed by atoms with Crippen molar-refractivity contribution in [2.24, 2.45) is 10.9 Å². The average Bonchev–Trinajstić information content (AvgIpc) is 3.09. The van der Waals surface area contributed by atoms with E-state index < -0.39 is 11.6 Å². The first-order chi connectivity index (χ1) is 12.8. The van der Waals surface area contributed by atoms with Crippen LogP contribution in [-0.2, 0) is 11.2 Å². The molecule has 3 amide bonds. The van der Waals surface area contributed by atoms with Crippen LogP contribution < -0.4 is 16.0 Å². The highest BCUT2D eigenvalue weighted by molar-refractivity contribution is 7.11. The Bertz CT molecular complexity index is 753. The molecule has 0 aromatic carbocycles. The van der Waals surface area contributed by atoms with Crippen LogP contribution in [0.25, 0.3) is 0 Å². The van der Waals surface area contributed by atoms with E-state index in [9.17, 15) is 9.59 Å². The number of nitrogens with zero attached hydrogens (tertiary/aromatic N) is 3. The van der Waals surface area contributed by atoms with Crippen LogP contribution in [0.2, 0.25) is 0 Å². The summed E-state index contributed by atoms with van der Waals surface area (Å²) in [5.41, 5.74) is 0.307. The molecular weight excluding hydrogens is 364 g/mol. The van der Waals surface area contributed by atoms with Gasteiger partial charge < -0.3 is 15.5 Å². The van der Waals surface area contributed by atoms with Gasteiger partial charge in [0.2, 0.25) is 0 Å². The molecule has 2 aliphatic rings. The summed E-state index contributed by atoms with van der Waals surface area (Å²) in [6, 6.07) is -0.393. The SMILES string of the molecule is CN=C(NCCc1sc(C)nc1C)N1CCC(C2(C)NC(=O)NC2=O)CC1. The summed E-state index contributed by atoms with van der Waals surface area (Å²) < 4.78 is 0. The van der Waals surface area contributed by atoms with E-state index in [1.54, 1.807) is 18.4 Å². The Morgan fingerprint density at radius 3 is 2.59 bits per heavy atom. The lowest BCUT2D eigenvalue weighted by atomic mass is 9.79. The molecule has 1 unspecified atom stereocenters. The monoisotopic (exact) mass is 392 g/mol. The molecule has 2 saturated heterocycles. The van der Waals surface area contributed by atoms with Crippen molar-refractivity contribution in [3.63, 3.8) is 0 Å². The molecular formula is C18H28N6O2S. The molecule has 0 aliphatic carbocycles. The Morgan fingerprint density at radius 2 is 2.07 bits per heavy atom. The minimum absolute atomic E-state index is 0.126. The number of thiazole rings is 1. The molecule has 8 nitrogen and oxygen atoms in total. The summed E-state index contributed by atoms with van der Waals surface area (Å²) in [5, 5.41) is 9.70. The van der Waals surface area contributed by atoms with Gasteiger partial charge in [-0.1, -0.05) is 0 Å². The van der Waals surface area contributed by atoms with Crippen LogP contribution in [0.1, 0.15) is 35.3 Å². The van der Waals surface area contributed by atoms with Crippen molar-refractivity contribution in [2.45, 2.75) is 45.6 Å². The Kier molecular flexibility index (Phi) is 5.69. The summed E-state index contributed by atoms with van der Waals surface area (Å²) in [6.45, 7) is 8.33. The highest BCUT2D eigenvalue weighted by atomic mass is 32.1. The standard InChI is InChI=1S/C18H28N6O2S/c1-11-14(27-12(2)21-11)5-8-20-16(19-4)24-9-6-13(7-10-24)18(3)15(25)22-17(26)23-18/h13H,5-10H2,1-4H3,(H,19,20)(H2,22,23,25,26). The number of guanidine groups is 1. The first-order valence-corrected chi connectivity index (χ1v) is 10.2. The van der Waals surface area contributed by atoms with Crippen molar-refractivity contribution in [2.75, 3.05) is 26.7 Å². The van der Waals surface area contributed by atoms with Gasteiger partial charge in [-0.3, -0.25) is 15.1 Å². The van der Waals surface area contributed by atoms with Crippen molar-refractivity contribution >= 4 is 29.2 Å². The van der Waals surface area contributed by atoms with Gasteiger partial charge in [0, 0.05) is 38.0 Å². The predicted octanol–water partition coefficient (Wildman–Crippen LogP) is 1.19. The Balaban J connectivity index is 1.51. The number of aromatic nitrogens is 1. The lowest BCUT2D eigenvalue weighted by Crippen LogP contribution is -2.55. The van der Waals surface area contributed by atoms with Gasteiger partial charge in [-0.2, -0.15) is 0 Å². The number of urea groups is 1. The van der Waals surface area contributed by atoms with Crippen LogP contribution in [0.5, 0.6) is 0 Å². The number of imide groups is 1. The first kappa shape index (κ1) is 19.6. The van der Waals surface area contributed by atoms with Gasteiger partial charge in [-0.05, 0) is 39.5 Å². The number of hydrogen-bond acceptors (Lipinski definition) is 5. The number of amides is 3. The number of nitrogens with one attached hydrogen (secondary N) is 3. The molecule has 1 aromatic heterocycles. The van der Waals surface area contributed by atoms with Crippen LogP contribution in [-0.4, -0.2) is 60.0 Å². The van der Waals surface area contributed by atoms with Crippen molar-refractivity contribution < 1.29 is 9.59 Å². The van der Waals surface area contributed by atoms with E-state index in [-0.39, 0.29) is 11.8 Å². The van der Waals surface area contributed by atoms with Crippen LogP contribution in [0, 0.1) is 19.8 Å². The molecule has 3 N–H and O–H groups in total. The molecule has 1 atom stereocenters. The second-order valence-corrected chi connectivity index (χ2v) is 8.63. The van der Waals surface area contributed by atoms with E-state index in [0.29, 0.717) is 0 Å². The van der Waals surface area contributed by atoms with E-state index >= 15 is 0 Å². The third-order valence-corrected chi connectivity index (χ3v) is 6.66. The van der Waals surface area contributed by atoms with Crippen LogP contribution >= 0.6 is 11.3 Å². The third kappa shape index (κ3) is 4.07. The molecule has 2 fully saturated rings. The fraction of sp³-hybridized carbons (Fsp3) is 0.667. The minimum atomic E-state index is -0.804. The highest BCUT2D eigenvalue weighted by Crippen LogP contribution is 2.30. The fourth-order valence-corrected chi connectivity index (χ4v) is 4.88. The Labute approximate surface area is 163 Å². The van der Waals surface area contributed by atoms with Crippen molar-refractivity contribution in [1.29, 1.82) is 0 Å².